The van der Waals surface area contributed by atoms with E-state index in [0.717, 1.165) is 6.07 Å². The summed E-state index contributed by atoms with van der Waals surface area (Å²) in [6.07, 6.45) is -5.17. The monoisotopic (exact) mass is 306 g/mol. The Kier molecular flexibility index (Phi) is 6.44. The first-order valence-electron chi connectivity index (χ1n) is 6.52. The predicted molar refractivity (Wildman–Crippen MR) is 75.4 cm³/mol. The number of ether oxygens (including phenoxy) is 1. The second kappa shape index (κ2) is 7.63. The zero-order chi connectivity index (χ0) is 16.0. The van der Waals surface area contributed by atoms with Gasteiger partial charge in [-0.15, -0.1) is 0 Å². The predicted octanol–water partition coefficient (Wildman–Crippen LogP) is 1.87. The number of rotatable bonds is 7. The van der Waals surface area contributed by atoms with Gasteiger partial charge in [-0.25, -0.2) is 0 Å². The molecule has 1 aromatic carbocycles. The molecule has 1 atom stereocenters. The number of nitrogens with zero attached hydrogens (tertiary/aromatic N) is 1. The Bertz CT molecular complexity index is 452. The number of benzene rings is 1. The maximum absolute atomic E-state index is 13.1. The lowest BCUT2D eigenvalue weighted by atomic mass is 10.1. The molecule has 1 rings (SSSR count). The van der Waals surface area contributed by atoms with Gasteiger partial charge in [0.25, 0.3) is 0 Å². The summed E-state index contributed by atoms with van der Waals surface area (Å²) in [5, 5.41) is 12.4. The van der Waals surface area contributed by atoms with Crippen molar-refractivity contribution in [3.8, 4) is 0 Å². The summed E-state index contributed by atoms with van der Waals surface area (Å²) in [5.41, 5.74) is -0.0700. The number of likely N-dealkylation sites (N-methyl/N-ethyl adjacent to an activating group) is 1. The summed E-state index contributed by atoms with van der Waals surface area (Å²) in [5.74, 6) is 0. The third-order valence-electron chi connectivity index (χ3n) is 3.05. The number of anilines is 1. The summed E-state index contributed by atoms with van der Waals surface area (Å²) in [6.45, 7) is 0.468. The Morgan fingerprint density at radius 3 is 2.57 bits per heavy atom. The molecule has 0 heterocycles. The fraction of sp³-hybridized carbons (Fsp3) is 0.571. The minimum absolute atomic E-state index is 0.133. The number of alkyl halides is 3. The van der Waals surface area contributed by atoms with E-state index in [4.69, 9.17) is 4.74 Å². The van der Waals surface area contributed by atoms with Crippen LogP contribution in [0.15, 0.2) is 18.2 Å². The van der Waals surface area contributed by atoms with Crippen molar-refractivity contribution in [2.45, 2.75) is 18.8 Å². The van der Waals surface area contributed by atoms with E-state index < -0.39 is 17.8 Å². The quantitative estimate of drug-likeness (QED) is 0.807. The van der Waals surface area contributed by atoms with Crippen LogP contribution in [0.4, 0.5) is 18.9 Å². The Morgan fingerprint density at radius 2 is 2.05 bits per heavy atom. The van der Waals surface area contributed by atoms with Gasteiger partial charge in [0.1, 0.15) is 0 Å². The maximum atomic E-state index is 13.1. The van der Waals surface area contributed by atoms with Gasteiger partial charge < -0.3 is 20.1 Å². The smallest absolute Gasteiger partial charge is 0.389 e. The lowest BCUT2D eigenvalue weighted by Gasteiger charge is -2.24. The highest BCUT2D eigenvalue weighted by atomic mass is 19.4. The van der Waals surface area contributed by atoms with Gasteiger partial charge in [-0.1, -0.05) is 6.07 Å². The van der Waals surface area contributed by atoms with Gasteiger partial charge >= 0.3 is 6.18 Å². The summed E-state index contributed by atoms with van der Waals surface area (Å²) in [4.78, 5) is 1.57. The molecule has 0 spiro atoms. The van der Waals surface area contributed by atoms with Gasteiger partial charge in [0, 0.05) is 32.9 Å². The molecule has 0 saturated heterocycles. The van der Waals surface area contributed by atoms with E-state index in [1.165, 1.54) is 13.2 Å². The molecule has 0 aliphatic rings. The van der Waals surface area contributed by atoms with Crippen LogP contribution in [0.5, 0.6) is 0 Å². The van der Waals surface area contributed by atoms with Crippen LogP contribution in [0.3, 0.4) is 0 Å². The highest BCUT2D eigenvalue weighted by molar-refractivity contribution is 5.51. The molecule has 0 aliphatic heterocycles. The van der Waals surface area contributed by atoms with Crippen LogP contribution in [0.2, 0.25) is 0 Å². The molecule has 4 nitrogen and oxygen atoms in total. The zero-order valence-electron chi connectivity index (χ0n) is 12.4. The van der Waals surface area contributed by atoms with E-state index in [2.05, 4.69) is 5.32 Å². The molecule has 1 aromatic rings. The van der Waals surface area contributed by atoms with Crippen molar-refractivity contribution < 1.29 is 23.0 Å². The van der Waals surface area contributed by atoms with Crippen LogP contribution in [0.25, 0.3) is 0 Å². The van der Waals surface area contributed by atoms with E-state index >= 15 is 0 Å². The van der Waals surface area contributed by atoms with Crippen LogP contribution in [-0.4, -0.2) is 45.6 Å². The average molecular weight is 306 g/mol. The molecule has 1 unspecified atom stereocenters. The van der Waals surface area contributed by atoms with Crippen molar-refractivity contribution in [2.24, 2.45) is 0 Å². The minimum Gasteiger partial charge on any atom is -0.389 e. The Labute approximate surface area is 122 Å². The van der Waals surface area contributed by atoms with Gasteiger partial charge in [-0.3, -0.25) is 0 Å². The Balaban J connectivity index is 2.99. The van der Waals surface area contributed by atoms with Gasteiger partial charge in [0.2, 0.25) is 0 Å². The van der Waals surface area contributed by atoms with E-state index in [1.807, 2.05) is 0 Å². The maximum Gasteiger partial charge on any atom is 0.416 e. The van der Waals surface area contributed by atoms with Crippen molar-refractivity contribution in [3.63, 3.8) is 0 Å². The first-order chi connectivity index (χ1) is 9.79. The Hall–Kier alpha value is -1.31. The molecule has 0 amide bonds. The molecule has 0 saturated carbocycles. The number of hydrogen-bond donors (Lipinski definition) is 2. The zero-order valence-corrected chi connectivity index (χ0v) is 12.4. The molecular formula is C14H21F3N2O2. The van der Waals surface area contributed by atoms with Crippen LogP contribution in [0, 0.1) is 0 Å². The molecule has 0 aromatic heterocycles. The largest absolute Gasteiger partial charge is 0.416 e. The SMILES string of the molecule is CNCc1ccc(N(C)CC(O)COC)cc1C(F)(F)F. The molecule has 0 bridgehead atoms. The summed E-state index contributed by atoms with van der Waals surface area (Å²) in [6, 6.07) is 4.17. The fourth-order valence-electron chi connectivity index (χ4n) is 2.08. The van der Waals surface area contributed by atoms with E-state index in [1.54, 1.807) is 25.1 Å². The topological polar surface area (TPSA) is 44.7 Å². The van der Waals surface area contributed by atoms with Crippen LogP contribution < -0.4 is 10.2 Å². The number of aliphatic hydroxyl groups is 1. The average Bonchev–Trinajstić information content (AvgIpc) is 2.38. The number of hydrogen-bond acceptors (Lipinski definition) is 4. The number of methoxy groups -OCH3 is 1. The normalized spacial score (nSPS) is 13.3. The lowest BCUT2D eigenvalue weighted by Crippen LogP contribution is -2.32. The van der Waals surface area contributed by atoms with E-state index in [-0.39, 0.29) is 25.3 Å². The number of aliphatic hydroxyl groups excluding tert-OH is 1. The highest BCUT2D eigenvalue weighted by Gasteiger charge is 2.33. The summed E-state index contributed by atoms with van der Waals surface area (Å²) >= 11 is 0. The second-order valence-electron chi connectivity index (χ2n) is 4.86. The fourth-order valence-corrected chi connectivity index (χ4v) is 2.08. The first-order valence-corrected chi connectivity index (χ1v) is 6.52. The van der Waals surface area contributed by atoms with Crippen LogP contribution in [0.1, 0.15) is 11.1 Å². The van der Waals surface area contributed by atoms with Crippen molar-refractivity contribution in [1.29, 1.82) is 0 Å². The second-order valence-corrected chi connectivity index (χ2v) is 4.86. The molecular weight excluding hydrogens is 285 g/mol. The molecule has 2 N–H and O–H groups in total. The highest BCUT2D eigenvalue weighted by Crippen LogP contribution is 2.34. The number of halogens is 3. The minimum atomic E-state index is -4.41. The summed E-state index contributed by atoms with van der Waals surface area (Å²) in [7, 11) is 4.69. The van der Waals surface area contributed by atoms with Gasteiger partial charge in [0.15, 0.2) is 0 Å². The number of nitrogens with one attached hydrogen (secondary N) is 1. The lowest BCUT2D eigenvalue weighted by molar-refractivity contribution is -0.138. The molecule has 21 heavy (non-hydrogen) atoms. The van der Waals surface area contributed by atoms with Gasteiger partial charge in [-0.2, -0.15) is 13.2 Å². The van der Waals surface area contributed by atoms with E-state index in [0.29, 0.717) is 5.69 Å². The molecule has 120 valence electrons. The van der Waals surface area contributed by atoms with Gasteiger partial charge in [-0.05, 0) is 24.7 Å². The third kappa shape index (κ3) is 5.18. The van der Waals surface area contributed by atoms with Gasteiger partial charge in [0.05, 0.1) is 18.3 Å². The molecule has 7 heteroatoms. The van der Waals surface area contributed by atoms with Crippen molar-refractivity contribution in [2.75, 3.05) is 39.3 Å². The molecule has 0 fully saturated rings. The van der Waals surface area contributed by atoms with Crippen molar-refractivity contribution in [3.05, 3.63) is 29.3 Å². The van der Waals surface area contributed by atoms with Crippen molar-refractivity contribution in [1.82, 2.24) is 5.32 Å². The van der Waals surface area contributed by atoms with E-state index in [9.17, 15) is 18.3 Å². The van der Waals surface area contributed by atoms with Crippen molar-refractivity contribution >= 4 is 5.69 Å². The molecule has 0 radical (unpaired) electrons. The van der Waals surface area contributed by atoms with Crippen LogP contribution in [-0.2, 0) is 17.5 Å². The summed E-state index contributed by atoms with van der Waals surface area (Å²) < 4.78 is 44.1. The standard InChI is InChI=1S/C14H21F3N2O2/c1-18-7-10-4-5-11(6-13(10)14(15,16)17)19(2)8-12(20)9-21-3/h4-6,12,18,20H,7-9H2,1-3H3. The third-order valence-corrected chi connectivity index (χ3v) is 3.05. The molecule has 0 aliphatic carbocycles. The Morgan fingerprint density at radius 1 is 1.38 bits per heavy atom. The first kappa shape index (κ1) is 17.7. The van der Waals surface area contributed by atoms with Crippen LogP contribution >= 0.6 is 0 Å².